The lowest BCUT2D eigenvalue weighted by atomic mass is 10.2. The second kappa shape index (κ2) is 5.59. The molecule has 6 heteroatoms. The van der Waals surface area contributed by atoms with Crippen LogP contribution >= 0.6 is 39.1 Å². The SMILES string of the molecule is CC(Cl)c1nc2cc(Br)ccc2n1-c1ccc(F)c(Cl)c1. The second-order valence-corrected chi connectivity index (χ2v) is 6.63. The molecule has 0 saturated heterocycles. The molecule has 3 aromatic rings. The van der Waals surface area contributed by atoms with Crippen LogP contribution in [0, 0.1) is 5.82 Å². The third-order valence-corrected chi connectivity index (χ3v) is 4.14. The summed E-state index contributed by atoms with van der Waals surface area (Å²) in [4.78, 5) is 4.57. The van der Waals surface area contributed by atoms with Crippen LogP contribution < -0.4 is 0 Å². The maximum absolute atomic E-state index is 13.4. The molecule has 0 aliphatic carbocycles. The van der Waals surface area contributed by atoms with E-state index in [-0.39, 0.29) is 10.4 Å². The first-order chi connectivity index (χ1) is 9.97. The number of rotatable bonds is 2. The van der Waals surface area contributed by atoms with Gasteiger partial charge < -0.3 is 0 Å². The summed E-state index contributed by atoms with van der Waals surface area (Å²) >= 11 is 15.6. The van der Waals surface area contributed by atoms with Crippen LogP contribution in [0.1, 0.15) is 18.1 Å². The standard InChI is InChI=1S/C15H10BrCl2FN2/c1-8(17)15-20-13-6-9(16)2-5-14(13)21(15)10-3-4-12(19)11(18)7-10/h2-8H,1H3. The first-order valence-electron chi connectivity index (χ1n) is 6.25. The predicted octanol–water partition coefficient (Wildman–Crippen LogP) is 5.88. The molecule has 3 rings (SSSR count). The van der Waals surface area contributed by atoms with Gasteiger partial charge in [0.25, 0.3) is 0 Å². The van der Waals surface area contributed by atoms with Crippen molar-refractivity contribution in [2.24, 2.45) is 0 Å². The zero-order valence-electron chi connectivity index (χ0n) is 10.9. The summed E-state index contributed by atoms with van der Waals surface area (Å²) in [6, 6.07) is 10.3. The molecule has 0 saturated carbocycles. The van der Waals surface area contributed by atoms with E-state index in [0.717, 1.165) is 21.2 Å². The molecule has 0 fully saturated rings. The molecule has 1 aromatic heterocycles. The summed E-state index contributed by atoms with van der Waals surface area (Å²) in [5.74, 6) is 0.237. The van der Waals surface area contributed by atoms with Gasteiger partial charge in [-0.3, -0.25) is 4.57 Å². The van der Waals surface area contributed by atoms with Crippen molar-refractivity contribution < 1.29 is 4.39 Å². The Balaban J connectivity index is 2.33. The van der Waals surface area contributed by atoms with E-state index in [0.29, 0.717) is 5.82 Å². The van der Waals surface area contributed by atoms with Crippen LogP contribution in [0.25, 0.3) is 16.7 Å². The van der Waals surface area contributed by atoms with Gasteiger partial charge in [-0.1, -0.05) is 27.5 Å². The minimum absolute atomic E-state index is 0.0691. The summed E-state index contributed by atoms with van der Waals surface area (Å²) in [6.45, 7) is 1.85. The Morgan fingerprint density at radius 1 is 1.24 bits per heavy atom. The first kappa shape index (κ1) is 14.8. The molecule has 2 aromatic carbocycles. The molecular formula is C15H10BrCl2FN2. The van der Waals surface area contributed by atoms with Crippen molar-refractivity contribution in [1.29, 1.82) is 0 Å². The summed E-state index contributed by atoms with van der Waals surface area (Å²) in [5.41, 5.74) is 2.43. The van der Waals surface area contributed by atoms with Crippen LogP contribution in [0.3, 0.4) is 0 Å². The quantitative estimate of drug-likeness (QED) is 0.502. The van der Waals surface area contributed by atoms with Crippen molar-refractivity contribution in [1.82, 2.24) is 9.55 Å². The topological polar surface area (TPSA) is 17.8 Å². The van der Waals surface area contributed by atoms with Gasteiger partial charge in [0.1, 0.15) is 11.6 Å². The fourth-order valence-electron chi connectivity index (χ4n) is 2.23. The van der Waals surface area contributed by atoms with Crippen molar-refractivity contribution in [3.63, 3.8) is 0 Å². The normalized spacial score (nSPS) is 12.8. The molecule has 1 unspecified atom stereocenters. The van der Waals surface area contributed by atoms with Gasteiger partial charge in [-0.2, -0.15) is 0 Å². The number of halogens is 4. The molecule has 0 N–H and O–H groups in total. The minimum Gasteiger partial charge on any atom is -0.295 e. The number of imidazole rings is 1. The van der Waals surface area contributed by atoms with E-state index in [1.54, 1.807) is 12.1 Å². The Hall–Kier alpha value is -1.10. The average molecular weight is 388 g/mol. The van der Waals surface area contributed by atoms with Crippen LogP contribution in [-0.2, 0) is 0 Å². The van der Waals surface area contributed by atoms with Crippen LogP contribution in [0.15, 0.2) is 40.9 Å². The molecule has 0 aliphatic rings. The molecule has 21 heavy (non-hydrogen) atoms. The predicted molar refractivity (Wildman–Crippen MR) is 88.0 cm³/mol. The van der Waals surface area contributed by atoms with Gasteiger partial charge in [0, 0.05) is 10.2 Å². The molecule has 0 amide bonds. The lowest BCUT2D eigenvalue weighted by molar-refractivity contribution is 0.627. The molecule has 0 radical (unpaired) electrons. The summed E-state index contributed by atoms with van der Waals surface area (Å²) in [6.07, 6.45) is 0. The molecule has 0 aliphatic heterocycles. The van der Waals surface area contributed by atoms with Gasteiger partial charge in [0.05, 0.1) is 21.4 Å². The lowest BCUT2D eigenvalue weighted by Gasteiger charge is -2.11. The highest BCUT2D eigenvalue weighted by Crippen LogP contribution is 2.31. The van der Waals surface area contributed by atoms with E-state index < -0.39 is 5.82 Å². The van der Waals surface area contributed by atoms with E-state index in [2.05, 4.69) is 20.9 Å². The Morgan fingerprint density at radius 2 is 2.00 bits per heavy atom. The molecule has 0 bridgehead atoms. The maximum atomic E-state index is 13.4. The lowest BCUT2D eigenvalue weighted by Crippen LogP contribution is -2.02. The Bertz CT molecular complexity index is 830. The van der Waals surface area contributed by atoms with Gasteiger partial charge >= 0.3 is 0 Å². The monoisotopic (exact) mass is 386 g/mol. The Labute approximate surface area is 139 Å². The third kappa shape index (κ3) is 2.68. The maximum Gasteiger partial charge on any atom is 0.141 e. The number of hydrogen-bond acceptors (Lipinski definition) is 1. The Morgan fingerprint density at radius 3 is 2.67 bits per heavy atom. The largest absolute Gasteiger partial charge is 0.295 e. The molecule has 108 valence electrons. The third-order valence-electron chi connectivity index (χ3n) is 3.16. The van der Waals surface area contributed by atoms with Crippen LogP contribution in [0.4, 0.5) is 4.39 Å². The minimum atomic E-state index is -0.451. The Kier molecular flexibility index (Phi) is 3.95. The number of nitrogens with zero attached hydrogens (tertiary/aromatic N) is 2. The van der Waals surface area contributed by atoms with E-state index >= 15 is 0 Å². The van der Waals surface area contributed by atoms with Crippen LogP contribution in [0.2, 0.25) is 5.02 Å². The molecule has 0 spiro atoms. The van der Waals surface area contributed by atoms with Crippen molar-refractivity contribution in [3.8, 4) is 5.69 Å². The van der Waals surface area contributed by atoms with E-state index in [4.69, 9.17) is 23.2 Å². The number of aromatic nitrogens is 2. The highest BCUT2D eigenvalue weighted by Gasteiger charge is 2.17. The van der Waals surface area contributed by atoms with Gasteiger partial charge in [-0.15, -0.1) is 11.6 Å². The van der Waals surface area contributed by atoms with E-state index in [1.807, 2.05) is 29.7 Å². The molecule has 2 nitrogen and oxygen atoms in total. The van der Waals surface area contributed by atoms with Crippen molar-refractivity contribution in [3.05, 3.63) is 57.5 Å². The molecule has 1 atom stereocenters. The van der Waals surface area contributed by atoms with Crippen molar-refractivity contribution in [2.75, 3.05) is 0 Å². The number of fused-ring (bicyclic) bond motifs is 1. The molecule has 1 heterocycles. The van der Waals surface area contributed by atoms with Crippen molar-refractivity contribution >= 4 is 50.2 Å². The zero-order valence-corrected chi connectivity index (χ0v) is 14.0. The fraction of sp³-hybridized carbons (Fsp3) is 0.133. The van der Waals surface area contributed by atoms with E-state index in [9.17, 15) is 4.39 Å². The van der Waals surface area contributed by atoms with Gasteiger partial charge in [-0.05, 0) is 43.3 Å². The molecular weight excluding hydrogens is 378 g/mol. The highest BCUT2D eigenvalue weighted by atomic mass is 79.9. The number of alkyl halides is 1. The second-order valence-electron chi connectivity index (χ2n) is 4.65. The fourth-order valence-corrected chi connectivity index (χ4v) is 2.90. The van der Waals surface area contributed by atoms with Crippen LogP contribution in [-0.4, -0.2) is 9.55 Å². The summed E-state index contributed by atoms with van der Waals surface area (Å²) in [7, 11) is 0. The average Bonchev–Trinajstić information content (AvgIpc) is 2.80. The van der Waals surface area contributed by atoms with E-state index in [1.165, 1.54) is 6.07 Å². The number of benzene rings is 2. The highest BCUT2D eigenvalue weighted by molar-refractivity contribution is 9.10. The zero-order chi connectivity index (χ0) is 15.1. The van der Waals surface area contributed by atoms with Gasteiger partial charge in [0.2, 0.25) is 0 Å². The van der Waals surface area contributed by atoms with Crippen LogP contribution in [0.5, 0.6) is 0 Å². The summed E-state index contributed by atoms with van der Waals surface area (Å²) < 4.78 is 16.2. The summed E-state index contributed by atoms with van der Waals surface area (Å²) in [5, 5.41) is -0.223. The first-order valence-corrected chi connectivity index (χ1v) is 7.85. The number of hydrogen-bond donors (Lipinski definition) is 0. The van der Waals surface area contributed by atoms with Crippen molar-refractivity contribution in [2.45, 2.75) is 12.3 Å². The van der Waals surface area contributed by atoms with Gasteiger partial charge in [-0.25, -0.2) is 9.37 Å². The van der Waals surface area contributed by atoms with Gasteiger partial charge in [0.15, 0.2) is 0 Å². The smallest absolute Gasteiger partial charge is 0.141 e.